The van der Waals surface area contributed by atoms with E-state index in [1.54, 1.807) is 12.1 Å². The minimum atomic E-state index is -0.244. The molecule has 1 aromatic carbocycles. The van der Waals surface area contributed by atoms with E-state index in [4.69, 9.17) is 4.74 Å². The normalized spacial score (nSPS) is 30.8. The fourth-order valence-corrected chi connectivity index (χ4v) is 4.42. The van der Waals surface area contributed by atoms with Gasteiger partial charge in [0.1, 0.15) is 5.82 Å². The molecule has 2 saturated heterocycles. The number of carbonyl (C=O) groups is 1. The standard InChI is InChI=1S/C17H19FINO2/c1-22-17(21)16-14(11-2-4-12(18)5-3-11)10-13-6-7-15(16)20(13)9-8-19/h2-5,8-9,13-16H,6-7,10H2,1H3/b9-8+/i19-4. The second kappa shape index (κ2) is 6.56. The average Bonchev–Trinajstić information content (AvgIpc) is 2.80. The van der Waals surface area contributed by atoms with Gasteiger partial charge in [0.05, 0.1) is 13.0 Å². The van der Waals surface area contributed by atoms with Gasteiger partial charge in [0.15, 0.2) is 0 Å². The van der Waals surface area contributed by atoms with Crippen LogP contribution in [0.5, 0.6) is 0 Å². The first-order valence-corrected chi connectivity index (χ1v) is 8.78. The van der Waals surface area contributed by atoms with Crippen molar-refractivity contribution in [1.29, 1.82) is 0 Å². The summed E-state index contributed by atoms with van der Waals surface area (Å²) in [6, 6.07) is 7.18. The molecule has 5 heteroatoms. The summed E-state index contributed by atoms with van der Waals surface area (Å²) in [6.07, 6.45) is 5.09. The lowest BCUT2D eigenvalue weighted by molar-refractivity contribution is -0.149. The molecular weight excluding hydrogens is 392 g/mol. The second-order valence-corrected chi connectivity index (χ2v) is 6.68. The predicted octanol–water partition coefficient (Wildman–Crippen LogP) is 3.84. The molecule has 0 aliphatic carbocycles. The van der Waals surface area contributed by atoms with Crippen molar-refractivity contribution in [2.24, 2.45) is 5.92 Å². The third kappa shape index (κ3) is 2.75. The molecule has 0 saturated carbocycles. The zero-order valence-corrected chi connectivity index (χ0v) is 14.6. The maximum atomic E-state index is 13.2. The van der Waals surface area contributed by atoms with E-state index in [1.165, 1.54) is 19.2 Å². The minimum Gasteiger partial charge on any atom is -0.469 e. The molecule has 2 aliphatic rings. The number of methoxy groups -OCH3 is 1. The Kier molecular flexibility index (Phi) is 4.70. The number of hydrogen-bond donors (Lipinski definition) is 0. The van der Waals surface area contributed by atoms with Crippen LogP contribution >= 0.6 is 22.6 Å². The molecule has 2 bridgehead atoms. The van der Waals surface area contributed by atoms with Crippen molar-refractivity contribution < 1.29 is 13.9 Å². The summed E-state index contributed by atoms with van der Waals surface area (Å²) in [5.41, 5.74) is 1.03. The van der Waals surface area contributed by atoms with E-state index in [-0.39, 0.29) is 29.7 Å². The lowest BCUT2D eigenvalue weighted by Crippen LogP contribution is -2.48. The fourth-order valence-electron chi connectivity index (χ4n) is 4.05. The van der Waals surface area contributed by atoms with Crippen molar-refractivity contribution in [3.05, 3.63) is 45.9 Å². The van der Waals surface area contributed by atoms with E-state index < -0.39 is 0 Å². The van der Waals surface area contributed by atoms with E-state index >= 15 is 0 Å². The number of benzene rings is 1. The first-order valence-electron chi connectivity index (χ1n) is 7.53. The predicted molar refractivity (Wildman–Crippen MR) is 91.1 cm³/mol. The minimum absolute atomic E-state index is 0.101. The molecule has 2 fully saturated rings. The summed E-state index contributed by atoms with van der Waals surface area (Å²) in [4.78, 5) is 14.7. The first-order chi connectivity index (χ1) is 10.7. The van der Waals surface area contributed by atoms with E-state index in [0.29, 0.717) is 6.04 Å². The molecule has 4 unspecified atom stereocenters. The topological polar surface area (TPSA) is 29.5 Å². The van der Waals surface area contributed by atoms with Gasteiger partial charge in [-0.15, -0.1) is 0 Å². The van der Waals surface area contributed by atoms with E-state index in [0.717, 1.165) is 24.8 Å². The number of halogens is 2. The van der Waals surface area contributed by atoms with E-state index in [2.05, 4.69) is 33.7 Å². The lowest BCUT2D eigenvalue weighted by Gasteiger charge is -2.43. The molecule has 1 aromatic rings. The number of hydrogen-bond acceptors (Lipinski definition) is 3. The van der Waals surface area contributed by atoms with Crippen molar-refractivity contribution in [2.75, 3.05) is 7.11 Å². The number of rotatable bonds is 3. The second-order valence-electron chi connectivity index (χ2n) is 5.96. The van der Waals surface area contributed by atoms with Gasteiger partial charge in [-0.1, -0.05) is 34.7 Å². The Labute approximate surface area is 143 Å². The van der Waals surface area contributed by atoms with Crippen molar-refractivity contribution in [3.63, 3.8) is 0 Å². The SMILES string of the molecule is COC(=O)C1C(c2ccc(F)cc2)CC2CCC1N2/C=C/[123I]. The van der Waals surface area contributed by atoms with Crippen LogP contribution in [0, 0.1) is 11.7 Å². The van der Waals surface area contributed by atoms with Crippen LogP contribution in [-0.4, -0.2) is 30.1 Å². The van der Waals surface area contributed by atoms with E-state index in [1.807, 2.05) is 4.08 Å². The molecule has 22 heavy (non-hydrogen) atoms. The maximum absolute atomic E-state index is 13.2. The van der Waals surface area contributed by atoms with Gasteiger partial charge < -0.3 is 9.64 Å². The maximum Gasteiger partial charge on any atom is 0.311 e. The Balaban J connectivity index is 1.96. The van der Waals surface area contributed by atoms with Gasteiger partial charge in [0.25, 0.3) is 0 Å². The number of nitrogens with zero attached hydrogens (tertiary/aromatic N) is 1. The quantitative estimate of drug-likeness (QED) is 0.559. The van der Waals surface area contributed by atoms with E-state index in [9.17, 15) is 9.18 Å². The fraction of sp³-hybridized carbons (Fsp3) is 0.471. The first kappa shape index (κ1) is 15.8. The Morgan fingerprint density at radius 2 is 2.09 bits per heavy atom. The van der Waals surface area contributed by atoms with Gasteiger partial charge in [-0.3, -0.25) is 4.79 Å². The third-order valence-electron chi connectivity index (χ3n) is 4.97. The van der Waals surface area contributed by atoms with Crippen molar-refractivity contribution in [2.45, 2.75) is 37.3 Å². The van der Waals surface area contributed by atoms with Crippen LogP contribution in [0.2, 0.25) is 0 Å². The molecule has 0 radical (unpaired) electrons. The highest BCUT2D eigenvalue weighted by molar-refractivity contribution is 14.1. The summed E-state index contributed by atoms with van der Waals surface area (Å²) >= 11 is 2.21. The highest BCUT2D eigenvalue weighted by Crippen LogP contribution is 2.47. The Morgan fingerprint density at radius 3 is 2.73 bits per heavy atom. The number of piperidine rings is 1. The molecule has 0 aromatic heterocycles. The van der Waals surface area contributed by atoms with Gasteiger partial charge >= 0.3 is 5.97 Å². The Bertz CT molecular complexity index is 575. The molecule has 0 N–H and O–H groups in total. The van der Waals surface area contributed by atoms with Crippen molar-refractivity contribution in [1.82, 2.24) is 4.90 Å². The molecule has 0 amide bonds. The molecular formula is C17H19FINO2. The third-order valence-corrected chi connectivity index (χ3v) is 5.30. The van der Waals surface area contributed by atoms with Gasteiger partial charge in [-0.25, -0.2) is 4.39 Å². The van der Waals surface area contributed by atoms with Crippen LogP contribution in [0.1, 0.15) is 30.7 Å². The van der Waals surface area contributed by atoms with Crippen LogP contribution < -0.4 is 0 Å². The van der Waals surface area contributed by atoms with Gasteiger partial charge in [0, 0.05) is 24.2 Å². The summed E-state index contributed by atoms with van der Waals surface area (Å²) < 4.78 is 20.3. The molecule has 4 atom stereocenters. The number of carbonyl (C=O) groups excluding carboxylic acids is 1. The molecule has 3 nitrogen and oxygen atoms in total. The van der Waals surface area contributed by atoms with Gasteiger partial charge in [-0.05, 0) is 41.0 Å². The largest absolute Gasteiger partial charge is 0.469 e. The van der Waals surface area contributed by atoms with Crippen LogP contribution in [-0.2, 0) is 9.53 Å². The Hall–Kier alpha value is -1.11. The Morgan fingerprint density at radius 1 is 1.36 bits per heavy atom. The number of ether oxygens (including phenoxy) is 1. The molecule has 0 spiro atoms. The highest BCUT2D eigenvalue weighted by atomic mass is 123. The summed E-state index contributed by atoms with van der Waals surface area (Å²) in [5, 5.41) is 0. The molecule has 2 aliphatic heterocycles. The van der Waals surface area contributed by atoms with Crippen LogP contribution in [0.4, 0.5) is 4.39 Å². The van der Waals surface area contributed by atoms with Gasteiger partial charge in [-0.2, -0.15) is 0 Å². The van der Waals surface area contributed by atoms with Crippen LogP contribution in [0.3, 0.4) is 0 Å². The smallest absolute Gasteiger partial charge is 0.311 e. The van der Waals surface area contributed by atoms with Crippen molar-refractivity contribution in [3.8, 4) is 0 Å². The number of fused-ring (bicyclic) bond motifs is 2. The average molecular weight is 411 g/mol. The van der Waals surface area contributed by atoms with Crippen molar-refractivity contribution >= 4 is 28.6 Å². The number of esters is 1. The summed E-state index contributed by atoms with van der Waals surface area (Å²) in [7, 11) is 1.45. The zero-order valence-electron chi connectivity index (χ0n) is 12.4. The highest BCUT2D eigenvalue weighted by Gasteiger charge is 2.50. The monoisotopic (exact) mass is 411 g/mol. The van der Waals surface area contributed by atoms with Crippen LogP contribution in [0.15, 0.2) is 34.5 Å². The zero-order chi connectivity index (χ0) is 15.7. The van der Waals surface area contributed by atoms with Gasteiger partial charge in [0.2, 0.25) is 0 Å². The molecule has 118 valence electrons. The molecule has 3 rings (SSSR count). The summed E-state index contributed by atoms with van der Waals surface area (Å²) in [6.45, 7) is 0. The lowest BCUT2D eigenvalue weighted by atomic mass is 9.76. The van der Waals surface area contributed by atoms with Crippen LogP contribution in [0.25, 0.3) is 0 Å². The summed E-state index contributed by atoms with van der Waals surface area (Å²) in [5.74, 6) is -0.496. The molecule has 2 heterocycles.